The van der Waals surface area contributed by atoms with E-state index >= 15 is 0 Å². The molecule has 39 heavy (non-hydrogen) atoms. The number of ether oxygens (including phenoxy) is 2. The molecule has 2 saturated heterocycles. The number of nitrogens with one attached hydrogen (secondary N) is 4. The highest BCUT2D eigenvalue weighted by Crippen LogP contribution is 2.47. The van der Waals surface area contributed by atoms with Crippen molar-refractivity contribution in [3.63, 3.8) is 0 Å². The Morgan fingerprint density at radius 1 is 0.744 bits per heavy atom. The van der Waals surface area contributed by atoms with E-state index in [9.17, 15) is 0 Å². The summed E-state index contributed by atoms with van der Waals surface area (Å²) in [6.07, 6.45) is 8.70. The minimum absolute atomic E-state index is 0.324. The lowest BCUT2D eigenvalue weighted by Crippen LogP contribution is -2.19. The van der Waals surface area contributed by atoms with Gasteiger partial charge in [-0.2, -0.15) is 0 Å². The van der Waals surface area contributed by atoms with E-state index in [1.54, 1.807) is 0 Å². The zero-order chi connectivity index (χ0) is 25.5. The fourth-order valence-electron chi connectivity index (χ4n) is 6.84. The van der Waals surface area contributed by atoms with Gasteiger partial charge in [0.05, 0.1) is 35.9 Å². The third-order valence-electron chi connectivity index (χ3n) is 9.13. The molecule has 2 aromatic carbocycles. The Bertz CT molecular complexity index is 1630. The number of benzene rings is 2. The van der Waals surface area contributed by atoms with Crippen LogP contribution >= 0.6 is 0 Å². The largest absolute Gasteiger partial charge is 0.488 e. The number of hydrogen-bond donors (Lipinski definition) is 4. The van der Waals surface area contributed by atoms with E-state index in [1.165, 1.54) is 30.4 Å². The Kier molecular flexibility index (Phi) is 4.68. The predicted octanol–water partition coefficient (Wildman–Crippen LogP) is 5.01. The molecule has 0 radical (unpaired) electrons. The Hall–Kier alpha value is -3.88. The SMILES string of the molecule is c1cc2c(cc1-c1cnc([C@@H]3CCCN3)[nH]1)OCC1=C2COc2cc(-c3cnc([C@@H]4C[C@H]5C[C@H]5N4)[nH]3)ccc21. The highest BCUT2D eigenvalue weighted by atomic mass is 16.5. The van der Waals surface area contributed by atoms with Gasteiger partial charge < -0.3 is 30.1 Å². The number of aromatic nitrogens is 4. The van der Waals surface area contributed by atoms with Crippen LogP contribution in [0.15, 0.2) is 48.8 Å². The average Bonchev–Trinajstić information content (AvgIpc) is 3.59. The van der Waals surface area contributed by atoms with Crippen LogP contribution in [0.1, 0.15) is 60.5 Å². The molecule has 2 aromatic heterocycles. The van der Waals surface area contributed by atoms with Crippen molar-refractivity contribution in [2.75, 3.05) is 19.8 Å². The van der Waals surface area contributed by atoms with Crippen LogP contribution in [0.25, 0.3) is 33.7 Å². The number of rotatable bonds is 4. The summed E-state index contributed by atoms with van der Waals surface area (Å²) in [7, 11) is 0. The van der Waals surface area contributed by atoms with Crippen molar-refractivity contribution in [3.8, 4) is 34.0 Å². The number of nitrogens with zero attached hydrogens (tertiary/aromatic N) is 2. The Morgan fingerprint density at radius 2 is 1.38 bits per heavy atom. The lowest BCUT2D eigenvalue weighted by molar-refractivity contribution is 0.337. The van der Waals surface area contributed by atoms with Crippen LogP contribution in [-0.2, 0) is 0 Å². The molecule has 1 saturated carbocycles. The van der Waals surface area contributed by atoms with Gasteiger partial charge in [0.15, 0.2) is 0 Å². The van der Waals surface area contributed by atoms with Gasteiger partial charge >= 0.3 is 0 Å². The second kappa shape index (κ2) is 8.31. The normalized spacial score (nSPS) is 26.4. The first kappa shape index (κ1) is 22.0. The molecule has 8 nitrogen and oxygen atoms in total. The van der Waals surface area contributed by atoms with E-state index in [0.29, 0.717) is 31.3 Å². The average molecular weight is 519 g/mol. The van der Waals surface area contributed by atoms with Crippen LogP contribution in [0, 0.1) is 5.92 Å². The molecule has 0 amide bonds. The molecule has 6 heterocycles. The van der Waals surface area contributed by atoms with Gasteiger partial charge in [-0.3, -0.25) is 0 Å². The highest BCUT2D eigenvalue weighted by Gasteiger charge is 2.46. The third kappa shape index (κ3) is 3.58. The Balaban J connectivity index is 0.991. The van der Waals surface area contributed by atoms with Gasteiger partial charge in [-0.15, -0.1) is 0 Å². The number of fused-ring (bicyclic) bond motifs is 5. The molecule has 4 atom stereocenters. The number of hydrogen-bond acceptors (Lipinski definition) is 6. The van der Waals surface area contributed by atoms with Gasteiger partial charge in [0, 0.05) is 39.4 Å². The van der Waals surface area contributed by atoms with Crippen LogP contribution in [-0.4, -0.2) is 45.7 Å². The van der Waals surface area contributed by atoms with Crippen molar-refractivity contribution in [2.24, 2.45) is 5.92 Å². The minimum atomic E-state index is 0.324. The zero-order valence-corrected chi connectivity index (χ0v) is 21.6. The maximum Gasteiger partial charge on any atom is 0.128 e. The van der Waals surface area contributed by atoms with Crippen molar-refractivity contribution >= 4 is 11.1 Å². The van der Waals surface area contributed by atoms with Gasteiger partial charge in [-0.1, -0.05) is 24.3 Å². The summed E-state index contributed by atoms with van der Waals surface area (Å²) in [5, 5.41) is 7.19. The summed E-state index contributed by atoms with van der Waals surface area (Å²) >= 11 is 0. The van der Waals surface area contributed by atoms with E-state index in [0.717, 1.165) is 75.7 Å². The zero-order valence-electron chi connectivity index (χ0n) is 21.6. The maximum atomic E-state index is 6.33. The molecule has 8 heteroatoms. The fourth-order valence-corrected chi connectivity index (χ4v) is 6.84. The standard InChI is InChI=1S/C31H30N6O2/c1-2-23(32-7-1)30-33-12-26(36-30)16-3-5-19-21-15-39-29-11-17(4-6-20(29)22(21)14-38-28(19)10-16)27-13-34-31(37-27)25-9-18-8-24(18)35-25/h3-6,10-13,18,23-25,32,35H,1-2,7-9,14-15H2,(H,33,36)(H,34,37)/t18-,23+,24-,25+/m1/s1. The first-order valence-electron chi connectivity index (χ1n) is 14.1. The molecule has 0 bridgehead atoms. The molecule has 5 aliphatic rings. The number of piperidine rings is 1. The highest BCUT2D eigenvalue weighted by molar-refractivity contribution is 5.98. The molecule has 196 valence electrons. The van der Waals surface area contributed by atoms with Crippen LogP contribution in [0.2, 0.25) is 0 Å². The quantitative estimate of drug-likeness (QED) is 0.303. The molecule has 0 unspecified atom stereocenters. The van der Waals surface area contributed by atoms with Gasteiger partial charge in [-0.05, 0) is 50.3 Å². The van der Waals surface area contributed by atoms with Gasteiger partial charge in [0.25, 0.3) is 0 Å². The molecule has 4 N–H and O–H groups in total. The van der Waals surface area contributed by atoms with E-state index in [1.807, 2.05) is 12.4 Å². The molecule has 3 fully saturated rings. The number of aromatic amines is 2. The predicted molar refractivity (Wildman–Crippen MR) is 148 cm³/mol. The van der Waals surface area contributed by atoms with Gasteiger partial charge in [-0.25, -0.2) is 9.97 Å². The summed E-state index contributed by atoms with van der Waals surface area (Å²) in [6, 6.07) is 14.2. The Morgan fingerprint density at radius 3 is 1.95 bits per heavy atom. The number of H-pyrrole nitrogens is 2. The van der Waals surface area contributed by atoms with Crippen molar-refractivity contribution in [1.29, 1.82) is 0 Å². The molecule has 4 aliphatic heterocycles. The summed E-state index contributed by atoms with van der Waals surface area (Å²) < 4.78 is 12.7. The first-order valence-corrected chi connectivity index (χ1v) is 14.1. The minimum Gasteiger partial charge on any atom is -0.488 e. The molecule has 4 aromatic rings. The molecular formula is C31H30N6O2. The molecule has 0 spiro atoms. The second-order valence-corrected chi connectivity index (χ2v) is 11.5. The lowest BCUT2D eigenvalue weighted by atomic mass is 9.89. The third-order valence-corrected chi connectivity index (χ3v) is 9.13. The monoisotopic (exact) mass is 518 g/mol. The van der Waals surface area contributed by atoms with Crippen molar-refractivity contribution in [1.82, 2.24) is 30.6 Å². The second-order valence-electron chi connectivity index (χ2n) is 11.5. The molecule has 9 rings (SSSR count). The fraction of sp³-hybridized carbons (Fsp3) is 0.355. The summed E-state index contributed by atoms with van der Waals surface area (Å²) in [5.41, 5.74) is 8.85. The van der Waals surface area contributed by atoms with Crippen LogP contribution in [0.4, 0.5) is 0 Å². The first-order chi connectivity index (χ1) is 19.3. The van der Waals surface area contributed by atoms with Gasteiger partial charge in [0.1, 0.15) is 36.4 Å². The summed E-state index contributed by atoms with van der Waals surface area (Å²) in [5.74, 6) is 4.69. The summed E-state index contributed by atoms with van der Waals surface area (Å²) in [6.45, 7) is 2.12. The van der Waals surface area contributed by atoms with Crippen molar-refractivity contribution in [3.05, 3.63) is 71.6 Å². The smallest absolute Gasteiger partial charge is 0.128 e. The van der Waals surface area contributed by atoms with E-state index in [-0.39, 0.29) is 0 Å². The maximum absolute atomic E-state index is 6.33. The van der Waals surface area contributed by atoms with Crippen molar-refractivity contribution < 1.29 is 9.47 Å². The van der Waals surface area contributed by atoms with Crippen molar-refractivity contribution in [2.45, 2.75) is 43.8 Å². The van der Waals surface area contributed by atoms with Crippen LogP contribution in [0.5, 0.6) is 11.5 Å². The van der Waals surface area contributed by atoms with Crippen LogP contribution < -0.4 is 20.1 Å². The number of imidazole rings is 2. The van der Waals surface area contributed by atoms with E-state index < -0.39 is 0 Å². The topological polar surface area (TPSA) is 99.9 Å². The van der Waals surface area contributed by atoms with Gasteiger partial charge in [0.2, 0.25) is 0 Å². The molecular weight excluding hydrogens is 488 g/mol. The van der Waals surface area contributed by atoms with Crippen LogP contribution in [0.3, 0.4) is 0 Å². The lowest BCUT2D eigenvalue weighted by Gasteiger charge is -2.30. The molecule has 1 aliphatic carbocycles. The van der Waals surface area contributed by atoms with E-state index in [4.69, 9.17) is 9.47 Å². The van der Waals surface area contributed by atoms with E-state index in [2.05, 4.69) is 67.0 Å². The Labute approximate surface area is 226 Å². The summed E-state index contributed by atoms with van der Waals surface area (Å²) in [4.78, 5) is 16.4.